The smallest absolute Gasteiger partial charge is 0.255 e. The summed E-state index contributed by atoms with van der Waals surface area (Å²) >= 11 is 6.02. The van der Waals surface area contributed by atoms with Gasteiger partial charge >= 0.3 is 0 Å². The summed E-state index contributed by atoms with van der Waals surface area (Å²) in [5, 5.41) is 0.168. The fourth-order valence-electron chi connectivity index (χ4n) is 3.53. The third-order valence-corrected chi connectivity index (χ3v) is 5.00. The molecule has 0 saturated carbocycles. The van der Waals surface area contributed by atoms with Crippen molar-refractivity contribution >= 4 is 17.5 Å². The largest absolute Gasteiger partial charge is 0.378 e. The molecule has 2 aliphatic rings. The van der Waals surface area contributed by atoms with Crippen molar-refractivity contribution in [1.29, 1.82) is 0 Å². The van der Waals surface area contributed by atoms with Crippen LogP contribution in [-0.2, 0) is 4.74 Å². The molecule has 2 heterocycles. The number of ether oxygens (including phenoxy) is 1. The highest BCUT2D eigenvalue weighted by molar-refractivity contribution is 6.33. The molecule has 3 rings (SSSR count). The Morgan fingerprint density at radius 3 is 2.96 bits per heavy atom. The highest BCUT2D eigenvalue weighted by atomic mass is 35.5. The SMILES string of the molecule is CCC[C@H]1COC[C@H]2CN(C(=O)c3ccc(F)cc3Cl)CCN12. The van der Waals surface area contributed by atoms with Gasteiger partial charge in [-0.1, -0.05) is 24.9 Å². The zero-order valence-corrected chi connectivity index (χ0v) is 14.1. The lowest BCUT2D eigenvalue weighted by Gasteiger charge is -2.48. The summed E-state index contributed by atoms with van der Waals surface area (Å²) in [5.41, 5.74) is 0.364. The van der Waals surface area contributed by atoms with E-state index in [0.29, 0.717) is 31.3 Å². The van der Waals surface area contributed by atoms with E-state index >= 15 is 0 Å². The number of carbonyl (C=O) groups is 1. The third-order valence-electron chi connectivity index (χ3n) is 4.69. The minimum atomic E-state index is -0.431. The first-order valence-electron chi connectivity index (χ1n) is 8.18. The molecule has 2 atom stereocenters. The second-order valence-electron chi connectivity index (χ2n) is 6.25. The molecule has 2 saturated heterocycles. The van der Waals surface area contributed by atoms with E-state index in [1.807, 2.05) is 0 Å². The maximum absolute atomic E-state index is 13.2. The Hall–Kier alpha value is -1.17. The summed E-state index contributed by atoms with van der Waals surface area (Å²) in [7, 11) is 0. The van der Waals surface area contributed by atoms with Gasteiger partial charge in [-0.05, 0) is 24.6 Å². The topological polar surface area (TPSA) is 32.8 Å². The average molecular weight is 341 g/mol. The fourth-order valence-corrected chi connectivity index (χ4v) is 3.78. The van der Waals surface area contributed by atoms with Crippen molar-refractivity contribution in [2.75, 3.05) is 32.8 Å². The maximum atomic E-state index is 13.2. The van der Waals surface area contributed by atoms with Crippen molar-refractivity contribution in [3.63, 3.8) is 0 Å². The molecule has 0 bridgehead atoms. The lowest BCUT2D eigenvalue weighted by atomic mass is 10.0. The van der Waals surface area contributed by atoms with Gasteiger partial charge in [0.05, 0.1) is 29.8 Å². The molecule has 0 unspecified atom stereocenters. The molecule has 23 heavy (non-hydrogen) atoms. The second-order valence-corrected chi connectivity index (χ2v) is 6.65. The van der Waals surface area contributed by atoms with Gasteiger partial charge in [0.25, 0.3) is 5.91 Å². The minimum absolute atomic E-state index is 0.132. The van der Waals surface area contributed by atoms with Crippen molar-refractivity contribution in [3.8, 4) is 0 Å². The van der Waals surface area contributed by atoms with Gasteiger partial charge in [-0.25, -0.2) is 4.39 Å². The standard InChI is InChI=1S/C17H22ClFN2O2/c1-2-3-13-10-23-11-14-9-20(6-7-21(13)14)17(22)15-5-4-12(19)8-16(15)18/h4-5,8,13-14H,2-3,6-7,9-11H2,1H3/t13-,14+/m0/s1. The number of carbonyl (C=O) groups excluding carboxylic acids is 1. The minimum Gasteiger partial charge on any atom is -0.378 e. The maximum Gasteiger partial charge on any atom is 0.255 e. The van der Waals surface area contributed by atoms with Crippen LogP contribution >= 0.6 is 11.6 Å². The molecule has 2 fully saturated rings. The summed E-state index contributed by atoms with van der Waals surface area (Å²) < 4.78 is 18.9. The van der Waals surface area contributed by atoms with Gasteiger partial charge in [0.2, 0.25) is 0 Å². The zero-order valence-electron chi connectivity index (χ0n) is 13.3. The monoisotopic (exact) mass is 340 g/mol. The van der Waals surface area contributed by atoms with E-state index in [9.17, 15) is 9.18 Å². The van der Waals surface area contributed by atoms with Crippen LogP contribution in [0.4, 0.5) is 4.39 Å². The Morgan fingerprint density at radius 1 is 1.39 bits per heavy atom. The molecular weight excluding hydrogens is 319 g/mol. The van der Waals surface area contributed by atoms with Gasteiger partial charge in [-0.15, -0.1) is 0 Å². The summed E-state index contributed by atoms with van der Waals surface area (Å²) in [6, 6.07) is 4.61. The molecule has 0 aliphatic carbocycles. The van der Waals surface area contributed by atoms with E-state index < -0.39 is 5.82 Å². The number of piperazine rings is 1. The molecule has 1 aromatic carbocycles. The van der Waals surface area contributed by atoms with Crippen LogP contribution in [-0.4, -0.2) is 60.6 Å². The normalized spacial score (nSPS) is 25.3. The number of nitrogens with zero attached hydrogens (tertiary/aromatic N) is 2. The number of fused-ring (bicyclic) bond motifs is 1. The zero-order chi connectivity index (χ0) is 16.4. The van der Waals surface area contributed by atoms with Crippen LogP contribution in [0.15, 0.2) is 18.2 Å². The van der Waals surface area contributed by atoms with Crippen molar-refractivity contribution in [2.24, 2.45) is 0 Å². The number of morpholine rings is 1. The Bertz CT molecular complexity index is 582. The van der Waals surface area contributed by atoms with Crippen LogP contribution in [0.25, 0.3) is 0 Å². The molecule has 0 aromatic heterocycles. The number of benzene rings is 1. The molecule has 1 aromatic rings. The predicted octanol–water partition coefficient (Wildman–Crippen LogP) is 2.80. The van der Waals surface area contributed by atoms with Crippen LogP contribution in [0.3, 0.4) is 0 Å². The van der Waals surface area contributed by atoms with Gasteiger partial charge in [0.15, 0.2) is 0 Å². The lowest BCUT2D eigenvalue weighted by Crippen LogP contribution is -2.62. The molecule has 0 spiro atoms. The number of amides is 1. The quantitative estimate of drug-likeness (QED) is 0.848. The second kappa shape index (κ2) is 7.16. The van der Waals surface area contributed by atoms with Gasteiger partial charge in [-0.2, -0.15) is 0 Å². The average Bonchev–Trinajstić information content (AvgIpc) is 2.54. The highest BCUT2D eigenvalue weighted by Crippen LogP contribution is 2.24. The first-order valence-corrected chi connectivity index (χ1v) is 8.55. The number of halogens is 2. The Morgan fingerprint density at radius 2 is 2.22 bits per heavy atom. The number of rotatable bonds is 3. The Kier molecular flexibility index (Phi) is 5.19. The molecule has 2 aliphatic heterocycles. The molecule has 1 amide bonds. The van der Waals surface area contributed by atoms with E-state index in [1.165, 1.54) is 18.2 Å². The van der Waals surface area contributed by atoms with E-state index in [-0.39, 0.29) is 17.0 Å². The summed E-state index contributed by atoms with van der Waals surface area (Å²) in [6.45, 7) is 5.77. The van der Waals surface area contributed by atoms with E-state index in [1.54, 1.807) is 4.90 Å². The molecular formula is C17H22ClFN2O2. The van der Waals surface area contributed by atoms with Crippen molar-refractivity contribution < 1.29 is 13.9 Å². The third kappa shape index (κ3) is 3.52. The van der Waals surface area contributed by atoms with Crippen LogP contribution in [0.5, 0.6) is 0 Å². The van der Waals surface area contributed by atoms with Gasteiger partial charge in [-0.3, -0.25) is 9.69 Å². The lowest BCUT2D eigenvalue weighted by molar-refractivity contribution is -0.0776. The molecule has 0 radical (unpaired) electrons. The fraction of sp³-hybridized carbons (Fsp3) is 0.588. The van der Waals surface area contributed by atoms with Crippen LogP contribution < -0.4 is 0 Å². The van der Waals surface area contributed by atoms with Gasteiger partial charge in [0.1, 0.15) is 5.82 Å². The Balaban J connectivity index is 1.70. The summed E-state index contributed by atoms with van der Waals surface area (Å²) in [6.07, 6.45) is 2.25. The molecule has 0 N–H and O–H groups in total. The summed E-state index contributed by atoms with van der Waals surface area (Å²) in [5.74, 6) is -0.563. The van der Waals surface area contributed by atoms with E-state index in [4.69, 9.17) is 16.3 Å². The number of hydrogen-bond donors (Lipinski definition) is 0. The Labute approximate surface area is 141 Å². The predicted molar refractivity (Wildman–Crippen MR) is 87.3 cm³/mol. The van der Waals surface area contributed by atoms with Gasteiger partial charge < -0.3 is 9.64 Å². The van der Waals surface area contributed by atoms with Crippen molar-refractivity contribution in [1.82, 2.24) is 9.80 Å². The first kappa shape index (κ1) is 16.7. The molecule has 6 heteroatoms. The van der Waals surface area contributed by atoms with Crippen molar-refractivity contribution in [2.45, 2.75) is 31.8 Å². The van der Waals surface area contributed by atoms with E-state index in [0.717, 1.165) is 26.0 Å². The van der Waals surface area contributed by atoms with Crippen LogP contribution in [0.2, 0.25) is 5.02 Å². The highest BCUT2D eigenvalue weighted by Gasteiger charge is 2.36. The van der Waals surface area contributed by atoms with Crippen molar-refractivity contribution in [3.05, 3.63) is 34.6 Å². The van der Waals surface area contributed by atoms with Crippen LogP contribution in [0.1, 0.15) is 30.1 Å². The first-order chi connectivity index (χ1) is 11.1. The molecule has 126 valence electrons. The summed E-state index contributed by atoms with van der Waals surface area (Å²) in [4.78, 5) is 17.0. The number of hydrogen-bond acceptors (Lipinski definition) is 3. The van der Waals surface area contributed by atoms with Crippen LogP contribution in [0, 0.1) is 5.82 Å². The van der Waals surface area contributed by atoms with Gasteiger partial charge in [0, 0.05) is 25.7 Å². The molecule has 4 nitrogen and oxygen atoms in total. The van der Waals surface area contributed by atoms with E-state index in [2.05, 4.69) is 11.8 Å².